The Labute approximate surface area is 159 Å². The molecule has 144 valence electrons. The third-order valence-electron chi connectivity index (χ3n) is 5.98. The number of anilines is 1. The fourth-order valence-corrected chi connectivity index (χ4v) is 4.67. The van der Waals surface area contributed by atoms with Gasteiger partial charge in [0, 0.05) is 38.4 Å². The third-order valence-corrected chi connectivity index (χ3v) is 5.98. The Hall–Kier alpha value is -2.41. The lowest BCUT2D eigenvalue weighted by atomic mass is 9.77. The SMILES string of the molecule is CCN(CC)c1ncccc1CNC(=O)[C@H]1[C@@H]2C=C[C@@]3(CN(C)C(=O)[C@@H]13)O2. The Morgan fingerprint density at radius 2 is 2.22 bits per heavy atom. The fraction of sp³-hybridized carbons (Fsp3) is 0.550. The molecule has 7 heteroatoms. The summed E-state index contributed by atoms with van der Waals surface area (Å²) in [6.07, 6.45) is 5.35. The number of rotatable bonds is 6. The molecule has 0 aromatic carbocycles. The van der Waals surface area contributed by atoms with E-state index in [1.165, 1.54) is 0 Å². The van der Waals surface area contributed by atoms with Crippen LogP contribution >= 0.6 is 0 Å². The first kappa shape index (κ1) is 18.0. The van der Waals surface area contributed by atoms with Gasteiger partial charge >= 0.3 is 0 Å². The van der Waals surface area contributed by atoms with Gasteiger partial charge in [-0.1, -0.05) is 18.2 Å². The normalized spacial score (nSPS) is 30.7. The Kier molecular flexibility index (Phi) is 4.42. The Balaban J connectivity index is 1.50. The highest BCUT2D eigenvalue weighted by Crippen LogP contribution is 2.51. The van der Waals surface area contributed by atoms with Crippen LogP contribution in [0.4, 0.5) is 5.82 Å². The lowest BCUT2D eigenvalue weighted by Gasteiger charge is -2.25. The van der Waals surface area contributed by atoms with E-state index in [1.807, 2.05) is 24.3 Å². The van der Waals surface area contributed by atoms with Crippen molar-refractivity contribution in [1.29, 1.82) is 0 Å². The number of amides is 2. The van der Waals surface area contributed by atoms with Gasteiger partial charge in [-0.2, -0.15) is 0 Å². The van der Waals surface area contributed by atoms with Gasteiger partial charge in [-0.15, -0.1) is 0 Å². The van der Waals surface area contributed by atoms with Crippen molar-refractivity contribution < 1.29 is 14.3 Å². The van der Waals surface area contributed by atoms with Crippen molar-refractivity contribution in [2.24, 2.45) is 11.8 Å². The molecule has 0 unspecified atom stereocenters. The zero-order valence-corrected chi connectivity index (χ0v) is 16.0. The predicted molar refractivity (Wildman–Crippen MR) is 101 cm³/mol. The second-order valence-electron chi connectivity index (χ2n) is 7.47. The summed E-state index contributed by atoms with van der Waals surface area (Å²) >= 11 is 0. The molecule has 0 radical (unpaired) electrons. The molecular weight excluding hydrogens is 344 g/mol. The summed E-state index contributed by atoms with van der Waals surface area (Å²) < 4.78 is 6.05. The van der Waals surface area contributed by atoms with Crippen LogP contribution in [0, 0.1) is 11.8 Å². The maximum absolute atomic E-state index is 13.0. The zero-order valence-electron chi connectivity index (χ0n) is 16.0. The lowest BCUT2D eigenvalue weighted by Crippen LogP contribution is -2.43. The van der Waals surface area contributed by atoms with Crippen LogP contribution in [0.15, 0.2) is 30.5 Å². The van der Waals surface area contributed by atoms with Crippen LogP contribution in [0.1, 0.15) is 19.4 Å². The average molecular weight is 370 g/mol. The second kappa shape index (κ2) is 6.64. The van der Waals surface area contributed by atoms with Crippen LogP contribution in [0.25, 0.3) is 0 Å². The quantitative estimate of drug-likeness (QED) is 0.755. The van der Waals surface area contributed by atoms with E-state index in [4.69, 9.17) is 4.74 Å². The summed E-state index contributed by atoms with van der Waals surface area (Å²) in [7, 11) is 1.76. The molecule has 2 bridgehead atoms. The Bertz CT molecular complexity index is 791. The summed E-state index contributed by atoms with van der Waals surface area (Å²) in [5, 5.41) is 3.02. The molecule has 0 aliphatic carbocycles. The number of aromatic nitrogens is 1. The van der Waals surface area contributed by atoms with Crippen molar-refractivity contribution in [1.82, 2.24) is 15.2 Å². The fourth-order valence-electron chi connectivity index (χ4n) is 4.67. The third kappa shape index (κ3) is 2.72. The second-order valence-corrected chi connectivity index (χ2v) is 7.47. The maximum atomic E-state index is 13.0. The van der Waals surface area contributed by atoms with Gasteiger partial charge in [0.05, 0.1) is 24.5 Å². The smallest absolute Gasteiger partial charge is 0.229 e. The number of fused-ring (bicyclic) bond motifs is 1. The van der Waals surface area contributed by atoms with Crippen molar-refractivity contribution in [3.63, 3.8) is 0 Å². The number of pyridine rings is 1. The number of hydrogen-bond acceptors (Lipinski definition) is 5. The molecule has 7 nitrogen and oxygen atoms in total. The van der Waals surface area contributed by atoms with Crippen molar-refractivity contribution in [2.45, 2.75) is 32.1 Å². The standard InChI is InChI=1S/C20H26N4O3/c1-4-24(5-2)17-13(7-6-10-21-17)11-22-18(25)15-14-8-9-20(27-14)12-23(3)19(26)16(15)20/h6-10,14-16H,4-5,11-12H2,1-3H3,(H,22,25)/t14-,15-,16+,20-/m0/s1. The van der Waals surface area contributed by atoms with E-state index in [2.05, 4.69) is 29.0 Å². The predicted octanol–water partition coefficient (Wildman–Crippen LogP) is 0.956. The van der Waals surface area contributed by atoms with Gasteiger partial charge in [0.1, 0.15) is 11.4 Å². The van der Waals surface area contributed by atoms with E-state index in [-0.39, 0.29) is 17.9 Å². The highest BCUT2D eigenvalue weighted by atomic mass is 16.5. The van der Waals surface area contributed by atoms with Crippen LogP contribution in [-0.4, -0.2) is 60.1 Å². The molecule has 1 aromatic heterocycles. The first-order valence-electron chi connectivity index (χ1n) is 9.59. The van der Waals surface area contributed by atoms with Gasteiger partial charge in [-0.05, 0) is 19.9 Å². The molecule has 1 N–H and O–H groups in total. The van der Waals surface area contributed by atoms with E-state index >= 15 is 0 Å². The van der Waals surface area contributed by atoms with E-state index in [0.29, 0.717) is 13.1 Å². The van der Waals surface area contributed by atoms with Crippen molar-refractivity contribution in [3.05, 3.63) is 36.0 Å². The van der Waals surface area contributed by atoms with Crippen LogP contribution in [0.5, 0.6) is 0 Å². The van der Waals surface area contributed by atoms with Gasteiger partial charge in [-0.25, -0.2) is 4.98 Å². The summed E-state index contributed by atoms with van der Waals surface area (Å²) in [4.78, 5) is 33.9. The lowest BCUT2D eigenvalue weighted by molar-refractivity contribution is -0.136. The Morgan fingerprint density at radius 3 is 2.96 bits per heavy atom. The van der Waals surface area contributed by atoms with Gasteiger partial charge in [0.2, 0.25) is 11.8 Å². The number of nitrogens with one attached hydrogen (secondary N) is 1. The van der Waals surface area contributed by atoms with E-state index in [1.54, 1.807) is 18.1 Å². The summed E-state index contributed by atoms with van der Waals surface area (Å²) in [6.45, 7) is 6.77. The number of carbonyl (C=O) groups excluding carboxylic acids is 2. The Morgan fingerprint density at radius 1 is 1.44 bits per heavy atom. The molecule has 2 saturated heterocycles. The first-order chi connectivity index (χ1) is 13.0. The molecule has 4 heterocycles. The molecule has 2 amide bonds. The van der Waals surface area contributed by atoms with Gasteiger partial charge < -0.3 is 19.9 Å². The van der Waals surface area contributed by atoms with Crippen molar-refractivity contribution >= 4 is 17.6 Å². The first-order valence-corrected chi connectivity index (χ1v) is 9.59. The number of hydrogen-bond donors (Lipinski definition) is 1. The number of ether oxygens (including phenoxy) is 1. The van der Waals surface area contributed by atoms with Crippen LogP contribution in [0.3, 0.4) is 0 Å². The largest absolute Gasteiger partial charge is 0.360 e. The van der Waals surface area contributed by atoms with Crippen molar-refractivity contribution in [2.75, 3.05) is 31.6 Å². The van der Waals surface area contributed by atoms with Crippen molar-refractivity contribution in [3.8, 4) is 0 Å². The molecule has 3 aliphatic heterocycles. The molecule has 4 rings (SSSR count). The monoisotopic (exact) mass is 370 g/mol. The topological polar surface area (TPSA) is 74.8 Å². The molecule has 1 aromatic rings. The number of likely N-dealkylation sites (tertiary alicyclic amines) is 1. The van der Waals surface area contributed by atoms with Gasteiger partial charge in [0.15, 0.2) is 0 Å². The van der Waals surface area contributed by atoms with Crippen LogP contribution < -0.4 is 10.2 Å². The molecule has 4 atom stereocenters. The zero-order chi connectivity index (χ0) is 19.2. The molecule has 1 spiro atoms. The molecule has 0 saturated carbocycles. The minimum atomic E-state index is -0.626. The molecule has 27 heavy (non-hydrogen) atoms. The van der Waals surface area contributed by atoms with Crippen LogP contribution in [-0.2, 0) is 20.9 Å². The van der Waals surface area contributed by atoms with Gasteiger partial charge in [-0.3, -0.25) is 9.59 Å². The minimum Gasteiger partial charge on any atom is -0.360 e. The highest BCUT2D eigenvalue weighted by molar-refractivity contribution is 5.92. The number of nitrogens with zero attached hydrogens (tertiary/aromatic N) is 3. The summed E-state index contributed by atoms with van der Waals surface area (Å²) in [6, 6.07) is 3.86. The average Bonchev–Trinajstić information content (AvgIpc) is 3.30. The summed E-state index contributed by atoms with van der Waals surface area (Å²) in [5.41, 5.74) is 0.345. The van der Waals surface area contributed by atoms with E-state index in [0.717, 1.165) is 24.5 Å². The molecular formula is C20H26N4O3. The molecule has 2 fully saturated rings. The maximum Gasteiger partial charge on any atom is 0.229 e. The minimum absolute atomic E-state index is 0.00721. The number of carbonyl (C=O) groups is 2. The van der Waals surface area contributed by atoms with Crippen LogP contribution in [0.2, 0.25) is 0 Å². The van der Waals surface area contributed by atoms with Gasteiger partial charge in [0.25, 0.3) is 0 Å². The number of likely N-dealkylation sites (N-methyl/N-ethyl adjacent to an activating group) is 1. The van der Waals surface area contributed by atoms with E-state index < -0.39 is 17.4 Å². The van der Waals surface area contributed by atoms with E-state index in [9.17, 15) is 9.59 Å². The summed E-state index contributed by atoms with van der Waals surface area (Å²) in [5.74, 6) is -0.142. The highest BCUT2D eigenvalue weighted by Gasteiger charge is 2.66. The molecule has 3 aliphatic rings.